The van der Waals surface area contributed by atoms with Crippen molar-refractivity contribution in [1.29, 1.82) is 0 Å². The maximum atomic E-state index is 13.7. The van der Waals surface area contributed by atoms with Crippen LogP contribution < -0.4 is 10.2 Å². The summed E-state index contributed by atoms with van der Waals surface area (Å²) in [7, 11) is 1.88. The molecular formula is C30H37N5O3. The molecule has 2 aliphatic rings. The molecule has 8 nitrogen and oxygen atoms in total. The van der Waals surface area contributed by atoms with Gasteiger partial charge in [-0.05, 0) is 61.6 Å². The molecule has 0 spiro atoms. The van der Waals surface area contributed by atoms with Crippen molar-refractivity contribution in [3.05, 3.63) is 70.9 Å². The van der Waals surface area contributed by atoms with Gasteiger partial charge < -0.3 is 19.9 Å². The monoisotopic (exact) mass is 515 g/mol. The van der Waals surface area contributed by atoms with Crippen LogP contribution in [0.2, 0.25) is 0 Å². The second-order valence-corrected chi connectivity index (χ2v) is 9.67. The van der Waals surface area contributed by atoms with Gasteiger partial charge in [0.05, 0.1) is 24.1 Å². The zero-order valence-corrected chi connectivity index (χ0v) is 22.7. The topological polar surface area (TPSA) is 87.5 Å². The predicted octanol–water partition coefficient (Wildman–Crippen LogP) is 5.03. The zero-order valence-electron chi connectivity index (χ0n) is 22.7. The van der Waals surface area contributed by atoms with E-state index in [0.717, 1.165) is 53.0 Å². The molecule has 0 radical (unpaired) electrons. The van der Waals surface area contributed by atoms with E-state index in [1.54, 1.807) is 15.8 Å². The number of aryl methyl sites for hydroxylation is 3. The minimum absolute atomic E-state index is 0.0790. The Morgan fingerprint density at radius 3 is 2.55 bits per heavy atom. The zero-order chi connectivity index (χ0) is 27.2. The molecule has 3 aromatic rings. The maximum absolute atomic E-state index is 13.7. The molecular weight excluding hydrogens is 478 g/mol. The first kappa shape index (κ1) is 27.1. The van der Waals surface area contributed by atoms with E-state index in [2.05, 4.69) is 10.4 Å². The summed E-state index contributed by atoms with van der Waals surface area (Å²) in [6, 6.07) is 13.5. The second kappa shape index (κ2) is 12.1. The van der Waals surface area contributed by atoms with Crippen molar-refractivity contribution >= 4 is 35.3 Å². The van der Waals surface area contributed by atoms with E-state index < -0.39 is 0 Å². The molecule has 0 saturated carbocycles. The Bertz CT molecular complexity index is 1310. The Morgan fingerprint density at radius 2 is 1.84 bits per heavy atom. The van der Waals surface area contributed by atoms with Crippen LogP contribution in [0.25, 0.3) is 0 Å². The van der Waals surface area contributed by atoms with E-state index in [1.807, 2.05) is 75.2 Å². The molecule has 3 heterocycles. The fourth-order valence-corrected chi connectivity index (χ4v) is 5.09. The Balaban J connectivity index is 0.00000164. The number of likely N-dealkylation sites (tertiary alicyclic amines) is 1. The third-order valence-electron chi connectivity index (χ3n) is 7.32. The highest BCUT2D eigenvalue weighted by atomic mass is 16.2. The number of carbonyl (C=O) groups is 3. The van der Waals surface area contributed by atoms with Crippen LogP contribution in [0.5, 0.6) is 0 Å². The van der Waals surface area contributed by atoms with Crippen molar-refractivity contribution in [2.75, 3.05) is 23.3 Å². The number of fused-ring (bicyclic) bond motifs is 2. The second-order valence-electron chi connectivity index (χ2n) is 9.67. The summed E-state index contributed by atoms with van der Waals surface area (Å²) >= 11 is 0. The highest BCUT2D eigenvalue weighted by molar-refractivity contribution is 6.08. The largest absolute Gasteiger partial charge is 0.343 e. The van der Waals surface area contributed by atoms with Gasteiger partial charge in [0.25, 0.3) is 5.91 Å². The van der Waals surface area contributed by atoms with E-state index in [4.69, 9.17) is 0 Å². The normalized spacial score (nSPS) is 14.8. The summed E-state index contributed by atoms with van der Waals surface area (Å²) in [6.07, 6.45) is 5.35. The lowest BCUT2D eigenvalue weighted by atomic mass is 9.97. The van der Waals surface area contributed by atoms with E-state index in [9.17, 15) is 14.4 Å². The number of piperidine rings is 1. The average Bonchev–Trinajstić information content (AvgIpc) is 3.20. The highest BCUT2D eigenvalue weighted by Gasteiger charge is 2.27. The van der Waals surface area contributed by atoms with Crippen LogP contribution in [0.15, 0.2) is 48.7 Å². The molecule has 0 unspecified atom stereocenters. The summed E-state index contributed by atoms with van der Waals surface area (Å²) < 4.78 is 1.78. The van der Waals surface area contributed by atoms with Gasteiger partial charge in [0.15, 0.2) is 0 Å². The molecule has 1 saturated heterocycles. The fraction of sp³-hybridized carbons (Fsp3) is 0.400. The lowest BCUT2D eigenvalue weighted by molar-refractivity contribution is -0.133. The van der Waals surface area contributed by atoms with Gasteiger partial charge in [-0.25, -0.2) is 0 Å². The van der Waals surface area contributed by atoms with Crippen LogP contribution in [0, 0.1) is 12.8 Å². The third kappa shape index (κ3) is 5.64. The van der Waals surface area contributed by atoms with Gasteiger partial charge in [-0.15, -0.1) is 0 Å². The molecule has 1 aromatic heterocycles. The van der Waals surface area contributed by atoms with Gasteiger partial charge in [-0.3, -0.25) is 14.3 Å². The summed E-state index contributed by atoms with van der Waals surface area (Å²) in [5.41, 5.74) is 5.31. The molecule has 8 heteroatoms. The van der Waals surface area contributed by atoms with Gasteiger partial charge in [0, 0.05) is 43.6 Å². The Kier molecular flexibility index (Phi) is 8.61. The number of anilines is 3. The van der Waals surface area contributed by atoms with Gasteiger partial charge in [-0.2, -0.15) is 5.10 Å². The summed E-state index contributed by atoms with van der Waals surface area (Å²) in [6.45, 7) is 7.71. The number of nitrogens with one attached hydrogen (secondary N) is 1. The van der Waals surface area contributed by atoms with Crippen LogP contribution in [0.1, 0.15) is 60.2 Å². The van der Waals surface area contributed by atoms with Crippen molar-refractivity contribution in [2.24, 2.45) is 13.0 Å². The van der Waals surface area contributed by atoms with Crippen LogP contribution in [-0.2, 0) is 29.6 Å². The van der Waals surface area contributed by atoms with Crippen LogP contribution in [0.4, 0.5) is 17.2 Å². The predicted molar refractivity (Wildman–Crippen MR) is 150 cm³/mol. The Morgan fingerprint density at radius 1 is 1.11 bits per heavy atom. The van der Waals surface area contributed by atoms with Crippen molar-refractivity contribution in [1.82, 2.24) is 14.7 Å². The Hall–Kier alpha value is -3.94. The first-order valence-electron chi connectivity index (χ1n) is 13.5. The first-order valence-corrected chi connectivity index (χ1v) is 13.5. The van der Waals surface area contributed by atoms with Crippen molar-refractivity contribution < 1.29 is 14.4 Å². The molecule has 2 amide bonds. The number of aldehydes is 1. The molecule has 0 atom stereocenters. The van der Waals surface area contributed by atoms with Gasteiger partial charge in [0.1, 0.15) is 12.1 Å². The molecule has 5 rings (SSSR count). The number of carbonyl (C=O) groups excluding carboxylic acids is 3. The molecule has 1 N–H and O–H groups in total. The van der Waals surface area contributed by atoms with E-state index in [1.165, 1.54) is 0 Å². The molecule has 2 aliphatic heterocycles. The summed E-state index contributed by atoms with van der Waals surface area (Å²) in [5, 5.41) is 7.77. The van der Waals surface area contributed by atoms with Crippen LogP contribution in [-0.4, -0.2) is 45.9 Å². The fourth-order valence-electron chi connectivity index (χ4n) is 5.09. The Labute approximate surface area is 224 Å². The number of hydrogen-bond acceptors (Lipinski definition) is 5. The number of benzene rings is 2. The standard InChI is InChI=1S/C28H31N5O3.C2H6/c1-19-15-22(8-7-21(19)9-10-26(35)32-13-11-20(18-34)12-14-32)28(36)33-17-23-16-29-31(2)27(23)30-24-5-3-4-6-25(24)33;1-2/h3-8,15-16,18,20,30H,9-14,17H2,1-2H3;1-2H3. The van der Waals surface area contributed by atoms with Crippen LogP contribution in [0.3, 0.4) is 0 Å². The van der Waals surface area contributed by atoms with Gasteiger partial charge in [-0.1, -0.05) is 32.0 Å². The third-order valence-corrected chi connectivity index (χ3v) is 7.32. The van der Waals surface area contributed by atoms with Gasteiger partial charge in [0.2, 0.25) is 5.91 Å². The van der Waals surface area contributed by atoms with Gasteiger partial charge >= 0.3 is 0 Å². The molecule has 0 aliphatic carbocycles. The SMILES string of the molecule is CC.Cc1cc(C(=O)N2Cc3cnn(C)c3Nc3ccccc32)ccc1CCC(=O)N1CCC(C=O)CC1. The summed E-state index contributed by atoms with van der Waals surface area (Å²) in [4.78, 5) is 41.0. The molecule has 38 heavy (non-hydrogen) atoms. The number of amides is 2. The first-order chi connectivity index (χ1) is 18.4. The van der Waals surface area contributed by atoms with Crippen LogP contribution >= 0.6 is 0 Å². The van der Waals surface area contributed by atoms with Crippen molar-refractivity contribution in [3.8, 4) is 0 Å². The quantitative estimate of drug-likeness (QED) is 0.482. The van der Waals surface area contributed by atoms with Crippen molar-refractivity contribution in [2.45, 2.75) is 53.0 Å². The van der Waals surface area contributed by atoms with E-state index in [0.29, 0.717) is 38.0 Å². The highest BCUT2D eigenvalue weighted by Crippen LogP contribution is 2.36. The molecule has 2 aromatic carbocycles. The molecule has 1 fully saturated rings. The minimum atomic E-state index is -0.0790. The lowest BCUT2D eigenvalue weighted by Crippen LogP contribution is -2.38. The number of hydrogen-bond donors (Lipinski definition) is 1. The molecule has 200 valence electrons. The number of rotatable bonds is 5. The van der Waals surface area contributed by atoms with Crippen molar-refractivity contribution in [3.63, 3.8) is 0 Å². The lowest BCUT2D eigenvalue weighted by Gasteiger charge is -2.29. The van der Waals surface area contributed by atoms with E-state index in [-0.39, 0.29) is 17.7 Å². The van der Waals surface area contributed by atoms with E-state index >= 15 is 0 Å². The number of para-hydroxylation sites is 2. The minimum Gasteiger partial charge on any atom is -0.343 e. The summed E-state index contributed by atoms with van der Waals surface area (Å²) in [5.74, 6) is 1.01. The maximum Gasteiger partial charge on any atom is 0.258 e. The smallest absolute Gasteiger partial charge is 0.258 e. The molecule has 0 bridgehead atoms. The average molecular weight is 516 g/mol. The number of aromatic nitrogens is 2. The number of nitrogens with zero attached hydrogens (tertiary/aromatic N) is 4.